The van der Waals surface area contributed by atoms with Crippen LogP contribution < -0.4 is 14.8 Å². The van der Waals surface area contributed by atoms with Crippen LogP contribution in [0.5, 0.6) is 11.5 Å². The molecule has 0 bridgehead atoms. The molecular weight excluding hydrogens is 408 g/mol. The fraction of sp³-hybridized carbons (Fsp3) is 0.240. The van der Waals surface area contributed by atoms with Crippen LogP contribution in [0.1, 0.15) is 29.3 Å². The van der Waals surface area contributed by atoms with Gasteiger partial charge >= 0.3 is 6.03 Å². The van der Waals surface area contributed by atoms with Crippen molar-refractivity contribution in [3.63, 3.8) is 0 Å². The summed E-state index contributed by atoms with van der Waals surface area (Å²) >= 11 is 0. The molecule has 0 saturated carbocycles. The normalized spacial score (nSPS) is 20.2. The number of nitrogens with one attached hydrogen (secondary N) is 1. The number of hydrogen-bond acceptors (Lipinski definition) is 5. The lowest BCUT2D eigenvalue weighted by Gasteiger charge is -2.24. The van der Waals surface area contributed by atoms with Crippen molar-refractivity contribution in [2.45, 2.75) is 18.9 Å². The standard InChI is InChI=1S/C25H22N2O5/c1-25(19-9-4-7-16-6-2-3-8-18(16)19)23(29)27(24(30)26-25)15-20(28)17-10-11-21-22(14-17)32-13-5-12-31-21/h2-4,6-11,14H,5,12-13,15H2,1H3,(H,26,30)/t25-/m0/s1. The number of ether oxygens (including phenoxy) is 2. The summed E-state index contributed by atoms with van der Waals surface area (Å²) in [6.45, 7) is 2.37. The second-order valence-corrected chi connectivity index (χ2v) is 8.11. The summed E-state index contributed by atoms with van der Waals surface area (Å²) in [7, 11) is 0. The monoisotopic (exact) mass is 430 g/mol. The van der Waals surface area contributed by atoms with Crippen LogP contribution in [-0.2, 0) is 10.3 Å². The van der Waals surface area contributed by atoms with Gasteiger partial charge in [-0.2, -0.15) is 0 Å². The van der Waals surface area contributed by atoms with Gasteiger partial charge in [-0.05, 0) is 41.5 Å². The van der Waals surface area contributed by atoms with Crippen molar-refractivity contribution < 1.29 is 23.9 Å². The van der Waals surface area contributed by atoms with E-state index in [1.165, 1.54) is 0 Å². The van der Waals surface area contributed by atoms with E-state index in [0.717, 1.165) is 22.1 Å². The zero-order valence-corrected chi connectivity index (χ0v) is 17.6. The van der Waals surface area contributed by atoms with Gasteiger partial charge in [-0.25, -0.2) is 4.79 Å². The molecule has 1 atom stereocenters. The molecule has 2 heterocycles. The molecular formula is C25H22N2O5. The van der Waals surface area contributed by atoms with Gasteiger partial charge in [0.15, 0.2) is 17.3 Å². The topological polar surface area (TPSA) is 84.9 Å². The van der Waals surface area contributed by atoms with Gasteiger partial charge in [-0.3, -0.25) is 14.5 Å². The number of Topliss-reactive ketones (excluding diaryl/α,β-unsaturated/α-hetero) is 1. The fourth-order valence-electron chi connectivity index (χ4n) is 4.26. The van der Waals surface area contributed by atoms with Gasteiger partial charge in [-0.15, -0.1) is 0 Å². The predicted molar refractivity (Wildman–Crippen MR) is 118 cm³/mol. The molecule has 162 valence electrons. The third-order valence-electron chi connectivity index (χ3n) is 5.97. The maximum Gasteiger partial charge on any atom is 0.325 e. The van der Waals surface area contributed by atoms with E-state index in [2.05, 4.69) is 5.32 Å². The smallest absolute Gasteiger partial charge is 0.325 e. The van der Waals surface area contributed by atoms with E-state index in [1.54, 1.807) is 25.1 Å². The van der Waals surface area contributed by atoms with E-state index >= 15 is 0 Å². The van der Waals surface area contributed by atoms with Crippen LogP contribution in [0.25, 0.3) is 10.8 Å². The summed E-state index contributed by atoms with van der Waals surface area (Å²) < 4.78 is 11.2. The highest BCUT2D eigenvalue weighted by molar-refractivity contribution is 6.12. The zero-order valence-electron chi connectivity index (χ0n) is 17.6. The first kappa shape index (κ1) is 20.1. The van der Waals surface area contributed by atoms with E-state index < -0.39 is 17.5 Å². The Labute approximate surface area is 184 Å². The third-order valence-corrected chi connectivity index (χ3v) is 5.97. The molecule has 3 aromatic carbocycles. The Balaban J connectivity index is 1.42. The summed E-state index contributed by atoms with van der Waals surface area (Å²) in [4.78, 5) is 40.1. The van der Waals surface area contributed by atoms with Gasteiger partial charge in [0.05, 0.1) is 19.8 Å². The molecule has 3 aromatic rings. The number of benzene rings is 3. The number of rotatable bonds is 4. The summed E-state index contributed by atoms with van der Waals surface area (Å²) in [6.07, 6.45) is 0.757. The molecule has 2 aliphatic heterocycles. The number of fused-ring (bicyclic) bond motifs is 2. The number of imide groups is 1. The lowest BCUT2D eigenvalue weighted by molar-refractivity contribution is -0.130. The molecule has 1 N–H and O–H groups in total. The predicted octanol–water partition coefficient (Wildman–Crippen LogP) is 3.65. The van der Waals surface area contributed by atoms with Gasteiger partial charge in [-0.1, -0.05) is 42.5 Å². The van der Waals surface area contributed by atoms with Crippen molar-refractivity contribution in [3.8, 4) is 11.5 Å². The molecule has 7 nitrogen and oxygen atoms in total. The molecule has 1 saturated heterocycles. The van der Waals surface area contributed by atoms with E-state index in [-0.39, 0.29) is 12.3 Å². The van der Waals surface area contributed by atoms with Gasteiger partial charge in [0, 0.05) is 12.0 Å². The first-order chi connectivity index (χ1) is 15.5. The van der Waals surface area contributed by atoms with Crippen molar-refractivity contribution in [1.82, 2.24) is 10.2 Å². The van der Waals surface area contributed by atoms with Gasteiger partial charge < -0.3 is 14.8 Å². The number of amides is 3. The molecule has 0 aromatic heterocycles. The van der Waals surface area contributed by atoms with Crippen LogP contribution in [0.3, 0.4) is 0 Å². The Hall–Kier alpha value is -3.87. The molecule has 2 aliphatic rings. The average molecular weight is 430 g/mol. The maximum absolute atomic E-state index is 13.4. The molecule has 0 radical (unpaired) electrons. The molecule has 0 spiro atoms. The van der Waals surface area contributed by atoms with Gasteiger partial charge in [0.2, 0.25) is 0 Å². The van der Waals surface area contributed by atoms with Crippen LogP contribution in [0, 0.1) is 0 Å². The van der Waals surface area contributed by atoms with Crippen LogP contribution >= 0.6 is 0 Å². The quantitative estimate of drug-likeness (QED) is 0.505. The van der Waals surface area contributed by atoms with Gasteiger partial charge in [0.25, 0.3) is 5.91 Å². The molecule has 3 amide bonds. The zero-order chi connectivity index (χ0) is 22.3. The second kappa shape index (κ2) is 7.67. The average Bonchev–Trinajstić information content (AvgIpc) is 2.96. The Bertz CT molecular complexity index is 1250. The number of ketones is 1. The first-order valence-corrected chi connectivity index (χ1v) is 10.5. The fourth-order valence-corrected chi connectivity index (χ4v) is 4.26. The SMILES string of the molecule is C[C@@]1(c2cccc3ccccc23)NC(=O)N(CC(=O)c2ccc3c(c2)OCCCO3)C1=O. The van der Waals surface area contributed by atoms with Crippen molar-refractivity contribution in [2.75, 3.05) is 19.8 Å². The summed E-state index contributed by atoms with van der Waals surface area (Å²) in [5.41, 5.74) is -0.212. The van der Waals surface area contributed by atoms with E-state index in [0.29, 0.717) is 35.8 Å². The molecule has 0 unspecified atom stereocenters. The lowest BCUT2D eigenvalue weighted by Crippen LogP contribution is -2.41. The van der Waals surface area contributed by atoms with Crippen molar-refractivity contribution in [1.29, 1.82) is 0 Å². The molecule has 1 fully saturated rings. The molecule has 5 rings (SSSR count). The van der Waals surface area contributed by atoms with E-state index in [4.69, 9.17) is 9.47 Å². The van der Waals surface area contributed by atoms with Crippen LogP contribution in [-0.4, -0.2) is 42.4 Å². The highest BCUT2D eigenvalue weighted by Crippen LogP contribution is 2.34. The number of urea groups is 1. The minimum absolute atomic E-state index is 0.355. The van der Waals surface area contributed by atoms with Crippen molar-refractivity contribution >= 4 is 28.5 Å². The third kappa shape index (κ3) is 3.26. The number of hydrogen-bond donors (Lipinski definition) is 1. The second-order valence-electron chi connectivity index (χ2n) is 8.11. The van der Waals surface area contributed by atoms with E-state index in [9.17, 15) is 14.4 Å². The summed E-state index contributed by atoms with van der Waals surface area (Å²) in [5, 5.41) is 4.64. The van der Waals surface area contributed by atoms with Crippen molar-refractivity contribution in [2.24, 2.45) is 0 Å². The summed E-state index contributed by atoms with van der Waals surface area (Å²) in [5.74, 6) is 0.261. The van der Waals surface area contributed by atoms with Crippen LogP contribution in [0.4, 0.5) is 4.79 Å². The molecule has 0 aliphatic carbocycles. The summed E-state index contributed by atoms with van der Waals surface area (Å²) in [6, 6.07) is 17.6. The highest BCUT2D eigenvalue weighted by atomic mass is 16.5. The minimum atomic E-state index is -1.26. The Morgan fingerprint density at radius 2 is 1.75 bits per heavy atom. The molecule has 32 heavy (non-hydrogen) atoms. The maximum atomic E-state index is 13.4. The minimum Gasteiger partial charge on any atom is -0.490 e. The largest absolute Gasteiger partial charge is 0.490 e. The number of nitrogens with zero attached hydrogens (tertiary/aromatic N) is 1. The Morgan fingerprint density at radius 1 is 1.00 bits per heavy atom. The number of carbonyl (C=O) groups excluding carboxylic acids is 3. The Kier molecular flexibility index (Phi) is 4.81. The van der Waals surface area contributed by atoms with Crippen LogP contribution in [0.15, 0.2) is 60.7 Å². The molecule has 7 heteroatoms. The lowest BCUT2D eigenvalue weighted by atomic mass is 9.88. The Morgan fingerprint density at radius 3 is 2.59 bits per heavy atom. The van der Waals surface area contributed by atoms with Crippen LogP contribution in [0.2, 0.25) is 0 Å². The first-order valence-electron chi connectivity index (χ1n) is 10.5. The number of carbonyl (C=O) groups is 3. The van der Waals surface area contributed by atoms with E-state index in [1.807, 2.05) is 42.5 Å². The highest BCUT2D eigenvalue weighted by Gasteiger charge is 2.50. The van der Waals surface area contributed by atoms with Crippen molar-refractivity contribution in [3.05, 3.63) is 71.8 Å². The van der Waals surface area contributed by atoms with Gasteiger partial charge in [0.1, 0.15) is 5.54 Å².